The number of rotatable bonds is 8. The SMILES string of the molecule is COc1ccc(C2CN(c3ccc(C4(NS(C)(=O)=O)CC4)cc3)CCC2NC(=O)Nc2ccc(Cl)cc2)nc1. The number of hydrogen-bond acceptors (Lipinski definition) is 6. The van der Waals surface area contributed by atoms with Crippen LogP contribution in [-0.4, -0.2) is 51.9 Å². The number of nitrogens with zero attached hydrogens (tertiary/aromatic N) is 2. The maximum Gasteiger partial charge on any atom is 0.319 e. The van der Waals surface area contributed by atoms with Crippen molar-refractivity contribution in [2.45, 2.75) is 36.8 Å². The van der Waals surface area contributed by atoms with Crippen LogP contribution >= 0.6 is 11.6 Å². The van der Waals surface area contributed by atoms with Gasteiger partial charge in [0.15, 0.2) is 0 Å². The molecule has 2 heterocycles. The molecular formula is C28H32ClN5O4S. The van der Waals surface area contributed by atoms with E-state index in [1.54, 1.807) is 37.6 Å². The lowest BCUT2D eigenvalue weighted by Crippen LogP contribution is -2.51. The largest absolute Gasteiger partial charge is 0.495 e. The van der Waals surface area contributed by atoms with E-state index in [4.69, 9.17) is 16.3 Å². The average molecular weight is 570 g/mol. The van der Waals surface area contributed by atoms with Crippen LogP contribution in [0.4, 0.5) is 16.2 Å². The fraction of sp³-hybridized carbons (Fsp3) is 0.357. The zero-order valence-electron chi connectivity index (χ0n) is 21.9. The predicted molar refractivity (Wildman–Crippen MR) is 153 cm³/mol. The summed E-state index contributed by atoms with van der Waals surface area (Å²) in [5.41, 5.74) is 3.04. The van der Waals surface area contributed by atoms with Gasteiger partial charge in [-0.2, -0.15) is 0 Å². The number of urea groups is 1. The molecule has 3 N–H and O–H groups in total. The third-order valence-corrected chi connectivity index (χ3v) is 8.34. The zero-order chi connectivity index (χ0) is 27.6. The van der Waals surface area contributed by atoms with Crippen LogP contribution in [0.15, 0.2) is 66.9 Å². The first-order chi connectivity index (χ1) is 18.6. The van der Waals surface area contributed by atoms with E-state index in [2.05, 4.69) is 25.2 Å². The van der Waals surface area contributed by atoms with Crippen LogP contribution in [0.5, 0.6) is 5.75 Å². The second-order valence-electron chi connectivity index (χ2n) is 10.2. The summed E-state index contributed by atoms with van der Waals surface area (Å²) in [7, 11) is -1.70. The van der Waals surface area contributed by atoms with E-state index in [0.29, 0.717) is 29.4 Å². The maximum atomic E-state index is 12.9. The van der Waals surface area contributed by atoms with Crippen LogP contribution < -0.4 is 25.0 Å². The van der Waals surface area contributed by atoms with Gasteiger partial charge in [-0.25, -0.2) is 17.9 Å². The molecule has 2 amide bonds. The second-order valence-corrected chi connectivity index (χ2v) is 12.4. The number of piperidine rings is 1. The van der Waals surface area contributed by atoms with E-state index in [1.165, 1.54) is 6.26 Å². The Bertz CT molecular complexity index is 1410. The van der Waals surface area contributed by atoms with Crippen molar-refractivity contribution in [2.75, 3.05) is 36.7 Å². The van der Waals surface area contributed by atoms with E-state index < -0.39 is 15.6 Å². The number of ether oxygens (including phenoxy) is 1. The number of halogens is 1. The lowest BCUT2D eigenvalue weighted by Gasteiger charge is -2.40. The molecule has 39 heavy (non-hydrogen) atoms. The summed E-state index contributed by atoms with van der Waals surface area (Å²) in [6.45, 7) is 1.39. The van der Waals surface area contributed by atoms with Gasteiger partial charge in [0.1, 0.15) is 5.75 Å². The Balaban J connectivity index is 1.32. The molecule has 206 valence electrons. The molecule has 2 aliphatic rings. The van der Waals surface area contributed by atoms with E-state index in [-0.39, 0.29) is 18.0 Å². The second kappa shape index (κ2) is 11.0. The van der Waals surface area contributed by atoms with E-state index >= 15 is 0 Å². The highest BCUT2D eigenvalue weighted by molar-refractivity contribution is 7.88. The molecule has 1 aliphatic carbocycles. The van der Waals surface area contributed by atoms with Gasteiger partial charge in [-0.3, -0.25) is 4.98 Å². The maximum absolute atomic E-state index is 12.9. The van der Waals surface area contributed by atoms with Crippen LogP contribution in [0.25, 0.3) is 0 Å². The summed E-state index contributed by atoms with van der Waals surface area (Å²) in [5, 5.41) is 6.63. The molecule has 0 bridgehead atoms. The number of carbonyl (C=O) groups excluding carboxylic acids is 1. The van der Waals surface area contributed by atoms with Crippen molar-refractivity contribution in [3.63, 3.8) is 0 Å². The van der Waals surface area contributed by atoms with Crippen LogP contribution in [0.2, 0.25) is 5.02 Å². The van der Waals surface area contributed by atoms with Crippen LogP contribution in [-0.2, 0) is 15.6 Å². The first-order valence-electron chi connectivity index (χ1n) is 12.8. The number of anilines is 2. The molecule has 2 fully saturated rings. The number of pyridine rings is 1. The Kier molecular flexibility index (Phi) is 7.70. The minimum absolute atomic E-state index is 0.0676. The molecule has 9 nitrogen and oxygen atoms in total. The third-order valence-electron chi connectivity index (χ3n) is 7.32. The van der Waals surface area contributed by atoms with Crippen molar-refractivity contribution in [1.82, 2.24) is 15.0 Å². The molecule has 1 aromatic heterocycles. The molecule has 0 radical (unpaired) electrons. The standard InChI is InChI=1S/C28H32ClN5O4S/c1-38-23-11-12-25(30-17-23)24-18-34(16-13-26(24)32-27(35)31-21-7-5-20(29)6-8-21)22-9-3-19(4-10-22)28(14-15-28)33-39(2,36)37/h3-12,17,24,26,33H,13-16,18H2,1-2H3,(H2,31,32,35). The van der Waals surface area contributed by atoms with Gasteiger partial charge in [-0.05, 0) is 73.4 Å². The van der Waals surface area contributed by atoms with E-state index in [9.17, 15) is 13.2 Å². The van der Waals surface area contributed by atoms with Crippen LogP contribution in [0, 0.1) is 0 Å². The van der Waals surface area contributed by atoms with Gasteiger partial charge in [0.2, 0.25) is 10.0 Å². The van der Waals surface area contributed by atoms with Crippen LogP contribution in [0.1, 0.15) is 36.4 Å². The van der Waals surface area contributed by atoms with Gasteiger partial charge in [0.25, 0.3) is 0 Å². The fourth-order valence-corrected chi connectivity index (χ4v) is 6.34. The highest BCUT2D eigenvalue weighted by Crippen LogP contribution is 2.46. The topological polar surface area (TPSA) is 113 Å². The number of carbonyl (C=O) groups is 1. The molecule has 1 saturated carbocycles. The molecule has 1 saturated heterocycles. The molecule has 5 rings (SSSR count). The summed E-state index contributed by atoms with van der Waals surface area (Å²) in [6, 6.07) is 18.5. The molecule has 0 spiro atoms. The number of hydrogen-bond donors (Lipinski definition) is 3. The minimum atomic E-state index is -3.30. The molecule has 1 aliphatic heterocycles. The molecule has 2 unspecified atom stereocenters. The Morgan fingerprint density at radius 1 is 1.08 bits per heavy atom. The highest BCUT2D eigenvalue weighted by atomic mass is 35.5. The van der Waals surface area contributed by atoms with E-state index in [1.807, 2.05) is 36.4 Å². The first-order valence-corrected chi connectivity index (χ1v) is 15.1. The molecule has 2 atom stereocenters. The molecular weight excluding hydrogens is 538 g/mol. The van der Waals surface area contributed by atoms with Crippen molar-refractivity contribution in [3.8, 4) is 5.75 Å². The van der Waals surface area contributed by atoms with Crippen molar-refractivity contribution in [2.24, 2.45) is 0 Å². The van der Waals surface area contributed by atoms with Gasteiger partial charge in [-0.15, -0.1) is 0 Å². The third kappa shape index (κ3) is 6.63. The van der Waals surface area contributed by atoms with Crippen molar-refractivity contribution in [1.29, 1.82) is 0 Å². The number of amides is 2. The monoisotopic (exact) mass is 569 g/mol. The number of sulfonamides is 1. The molecule has 3 aromatic rings. The van der Waals surface area contributed by atoms with Crippen molar-refractivity contribution >= 4 is 39.0 Å². The summed E-state index contributed by atoms with van der Waals surface area (Å²) in [5.74, 6) is 0.602. The highest BCUT2D eigenvalue weighted by Gasteiger charge is 2.46. The van der Waals surface area contributed by atoms with Gasteiger partial charge in [0.05, 0.1) is 25.1 Å². The molecule has 2 aromatic carbocycles. The zero-order valence-corrected chi connectivity index (χ0v) is 23.4. The van der Waals surface area contributed by atoms with Crippen LogP contribution in [0.3, 0.4) is 0 Å². The Hall–Kier alpha value is -3.34. The summed E-state index contributed by atoms with van der Waals surface area (Å²) in [4.78, 5) is 19.8. The lowest BCUT2D eigenvalue weighted by molar-refractivity contribution is 0.243. The summed E-state index contributed by atoms with van der Waals surface area (Å²) in [6.07, 6.45) is 5.19. The van der Waals surface area contributed by atoms with Crippen molar-refractivity contribution < 1.29 is 17.9 Å². The number of methoxy groups -OCH3 is 1. The summed E-state index contributed by atoms with van der Waals surface area (Å²) < 4.78 is 31.7. The van der Waals surface area contributed by atoms with E-state index in [0.717, 1.165) is 36.3 Å². The number of nitrogens with one attached hydrogen (secondary N) is 3. The average Bonchev–Trinajstić information content (AvgIpc) is 3.69. The molecule has 11 heteroatoms. The Labute approximate surface area is 234 Å². The predicted octanol–water partition coefficient (Wildman–Crippen LogP) is 4.47. The number of benzene rings is 2. The van der Waals surface area contributed by atoms with Gasteiger partial charge >= 0.3 is 6.03 Å². The van der Waals surface area contributed by atoms with Crippen molar-refractivity contribution in [3.05, 3.63) is 83.1 Å². The quantitative estimate of drug-likeness (QED) is 0.369. The van der Waals surface area contributed by atoms with Gasteiger partial charge < -0.3 is 20.3 Å². The smallest absolute Gasteiger partial charge is 0.319 e. The summed E-state index contributed by atoms with van der Waals surface area (Å²) >= 11 is 5.96. The lowest BCUT2D eigenvalue weighted by atomic mass is 9.88. The fourth-order valence-electron chi connectivity index (χ4n) is 5.18. The van der Waals surface area contributed by atoms with Gasteiger partial charge in [-0.1, -0.05) is 23.7 Å². The number of aromatic nitrogens is 1. The first kappa shape index (κ1) is 27.2. The minimum Gasteiger partial charge on any atom is -0.495 e. The normalized spacial score (nSPS) is 20.2. The van der Waals surface area contributed by atoms with Gasteiger partial charge in [0, 0.05) is 47.1 Å². The Morgan fingerprint density at radius 2 is 1.79 bits per heavy atom. The Morgan fingerprint density at radius 3 is 2.38 bits per heavy atom.